The molecule has 0 saturated carbocycles. The molecule has 1 aliphatic heterocycles. The van der Waals surface area contributed by atoms with Crippen molar-refractivity contribution in [2.45, 2.75) is 19.4 Å². The zero-order valence-electron chi connectivity index (χ0n) is 15.5. The molecular weight excluding hydrogens is 366 g/mol. The highest BCUT2D eigenvalue weighted by Gasteiger charge is 2.15. The molecule has 0 atom stereocenters. The van der Waals surface area contributed by atoms with E-state index in [-0.39, 0.29) is 6.03 Å². The predicted octanol–water partition coefficient (Wildman–Crippen LogP) is 4.28. The highest BCUT2D eigenvalue weighted by atomic mass is 35.5. The third-order valence-electron chi connectivity index (χ3n) is 4.55. The normalized spacial score (nSPS) is 13.4. The molecular formula is C20H24ClN3O3. The van der Waals surface area contributed by atoms with Crippen LogP contribution in [0.4, 0.5) is 16.2 Å². The average Bonchev–Trinajstić information content (AvgIpc) is 3.20. The second kappa shape index (κ2) is 8.86. The summed E-state index contributed by atoms with van der Waals surface area (Å²) in [7, 11) is 3.17. The first kappa shape index (κ1) is 19.2. The Hall–Kier alpha value is -2.60. The highest BCUT2D eigenvalue weighted by Crippen LogP contribution is 2.31. The molecule has 144 valence electrons. The molecule has 1 saturated heterocycles. The lowest BCUT2D eigenvalue weighted by molar-refractivity contribution is 0.251. The minimum absolute atomic E-state index is 0.297. The second-order valence-corrected chi connectivity index (χ2v) is 6.76. The fourth-order valence-corrected chi connectivity index (χ4v) is 3.45. The van der Waals surface area contributed by atoms with E-state index in [1.165, 1.54) is 12.8 Å². The first-order valence-corrected chi connectivity index (χ1v) is 9.29. The van der Waals surface area contributed by atoms with Crippen molar-refractivity contribution in [2.75, 3.05) is 37.5 Å². The van der Waals surface area contributed by atoms with E-state index in [4.69, 9.17) is 21.1 Å². The van der Waals surface area contributed by atoms with Crippen molar-refractivity contribution in [2.24, 2.45) is 0 Å². The van der Waals surface area contributed by atoms with Crippen LogP contribution < -0.4 is 25.0 Å². The molecule has 1 aliphatic rings. The topological polar surface area (TPSA) is 62.8 Å². The quantitative estimate of drug-likeness (QED) is 0.774. The summed E-state index contributed by atoms with van der Waals surface area (Å²) in [6, 6.07) is 10.8. The van der Waals surface area contributed by atoms with Crippen molar-refractivity contribution in [1.29, 1.82) is 0 Å². The Labute approximate surface area is 164 Å². The monoisotopic (exact) mass is 389 g/mol. The lowest BCUT2D eigenvalue weighted by atomic mass is 10.2. The number of halogens is 1. The van der Waals surface area contributed by atoms with Gasteiger partial charge in [-0.2, -0.15) is 0 Å². The highest BCUT2D eigenvalue weighted by molar-refractivity contribution is 6.33. The zero-order chi connectivity index (χ0) is 19.2. The molecule has 0 radical (unpaired) electrons. The molecule has 3 rings (SSSR count). The van der Waals surface area contributed by atoms with Gasteiger partial charge >= 0.3 is 6.03 Å². The van der Waals surface area contributed by atoms with Gasteiger partial charge in [0.05, 0.1) is 24.9 Å². The van der Waals surface area contributed by atoms with E-state index >= 15 is 0 Å². The molecule has 0 aromatic heterocycles. The van der Waals surface area contributed by atoms with Crippen LogP contribution in [0, 0.1) is 0 Å². The first-order chi connectivity index (χ1) is 13.1. The van der Waals surface area contributed by atoms with Gasteiger partial charge in [0.1, 0.15) is 0 Å². The van der Waals surface area contributed by atoms with E-state index in [0.717, 1.165) is 24.3 Å². The maximum Gasteiger partial charge on any atom is 0.319 e. The van der Waals surface area contributed by atoms with Gasteiger partial charge in [0.2, 0.25) is 0 Å². The van der Waals surface area contributed by atoms with Crippen molar-refractivity contribution in [1.82, 2.24) is 5.32 Å². The van der Waals surface area contributed by atoms with Crippen molar-refractivity contribution < 1.29 is 14.3 Å². The predicted molar refractivity (Wildman–Crippen MR) is 108 cm³/mol. The Kier molecular flexibility index (Phi) is 6.29. The van der Waals surface area contributed by atoms with Gasteiger partial charge in [-0.1, -0.05) is 17.7 Å². The lowest BCUT2D eigenvalue weighted by Gasteiger charge is -2.19. The Morgan fingerprint density at radius 1 is 1.07 bits per heavy atom. The van der Waals surface area contributed by atoms with Crippen molar-refractivity contribution in [3.05, 3.63) is 47.0 Å². The van der Waals surface area contributed by atoms with Gasteiger partial charge in [0, 0.05) is 25.3 Å². The van der Waals surface area contributed by atoms with Crippen LogP contribution in [0.25, 0.3) is 0 Å². The largest absolute Gasteiger partial charge is 0.493 e. The van der Waals surface area contributed by atoms with Crippen LogP contribution in [-0.2, 0) is 6.54 Å². The standard InChI is InChI=1S/C20H24ClN3O3/c1-26-18-8-5-14(11-19(18)27-2)13-22-20(25)23-15-6-7-17(16(21)12-15)24-9-3-4-10-24/h5-8,11-12H,3-4,9-10,13H2,1-2H3,(H2,22,23,25). The molecule has 2 aromatic carbocycles. The van der Waals surface area contributed by atoms with Gasteiger partial charge < -0.3 is 25.0 Å². The molecule has 7 heteroatoms. The zero-order valence-corrected chi connectivity index (χ0v) is 16.3. The Morgan fingerprint density at radius 2 is 1.81 bits per heavy atom. The van der Waals surface area contributed by atoms with Gasteiger partial charge in [0.15, 0.2) is 11.5 Å². The first-order valence-electron chi connectivity index (χ1n) is 8.91. The van der Waals surface area contributed by atoms with Crippen LogP contribution in [0.5, 0.6) is 11.5 Å². The number of nitrogens with one attached hydrogen (secondary N) is 2. The minimum Gasteiger partial charge on any atom is -0.493 e. The van der Waals surface area contributed by atoms with Gasteiger partial charge in [-0.05, 0) is 48.7 Å². The van der Waals surface area contributed by atoms with E-state index in [1.807, 2.05) is 30.3 Å². The third kappa shape index (κ3) is 4.77. The average molecular weight is 390 g/mol. The molecule has 0 spiro atoms. The van der Waals surface area contributed by atoms with E-state index in [0.29, 0.717) is 28.8 Å². The summed E-state index contributed by atoms with van der Waals surface area (Å²) >= 11 is 6.39. The van der Waals surface area contributed by atoms with E-state index in [1.54, 1.807) is 20.3 Å². The van der Waals surface area contributed by atoms with Gasteiger partial charge in [-0.25, -0.2) is 4.79 Å². The summed E-state index contributed by atoms with van der Waals surface area (Å²) < 4.78 is 10.5. The molecule has 0 bridgehead atoms. The molecule has 1 heterocycles. The number of carbonyl (C=O) groups is 1. The molecule has 0 unspecified atom stereocenters. The SMILES string of the molecule is COc1ccc(CNC(=O)Nc2ccc(N3CCCC3)c(Cl)c2)cc1OC. The number of hydrogen-bond donors (Lipinski definition) is 2. The number of carbonyl (C=O) groups excluding carboxylic acids is 1. The molecule has 27 heavy (non-hydrogen) atoms. The molecule has 2 N–H and O–H groups in total. The van der Waals surface area contributed by atoms with Gasteiger partial charge in [0.25, 0.3) is 0 Å². The van der Waals surface area contributed by atoms with Crippen LogP contribution in [0.3, 0.4) is 0 Å². The van der Waals surface area contributed by atoms with Gasteiger partial charge in [-0.15, -0.1) is 0 Å². The summed E-state index contributed by atoms with van der Waals surface area (Å²) in [5.74, 6) is 1.28. The number of anilines is 2. The second-order valence-electron chi connectivity index (χ2n) is 6.36. The molecule has 0 aliphatic carbocycles. The minimum atomic E-state index is -0.297. The summed E-state index contributed by atoms with van der Waals surface area (Å²) in [6.45, 7) is 2.42. The summed E-state index contributed by atoms with van der Waals surface area (Å²) in [5.41, 5.74) is 2.59. The Bertz CT molecular complexity index is 807. The number of hydrogen-bond acceptors (Lipinski definition) is 4. The number of amides is 2. The fraction of sp³-hybridized carbons (Fsp3) is 0.350. The molecule has 2 amide bonds. The Balaban J connectivity index is 1.57. The number of benzene rings is 2. The Morgan fingerprint density at radius 3 is 2.48 bits per heavy atom. The fourth-order valence-electron chi connectivity index (χ4n) is 3.15. The third-order valence-corrected chi connectivity index (χ3v) is 4.86. The van der Waals surface area contributed by atoms with Crippen molar-refractivity contribution >= 4 is 29.0 Å². The van der Waals surface area contributed by atoms with Crippen LogP contribution in [-0.4, -0.2) is 33.3 Å². The van der Waals surface area contributed by atoms with Crippen LogP contribution in [0.15, 0.2) is 36.4 Å². The van der Waals surface area contributed by atoms with Gasteiger partial charge in [-0.3, -0.25) is 0 Å². The number of nitrogens with zero attached hydrogens (tertiary/aromatic N) is 1. The van der Waals surface area contributed by atoms with Crippen LogP contribution in [0.1, 0.15) is 18.4 Å². The van der Waals surface area contributed by atoms with Crippen LogP contribution >= 0.6 is 11.6 Å². The summed E-state index contributed by atoms with van der Waals surface area (Å²) in [6.07, 6.45) is 2.38. The number of ether oxygens (including phenoxy) is 2. The molecule has 2 aromatic rings. The van der Waals surface area contributed by atoms with Crippen molar-refractivity contribution in [3.63, 3.8) is 0 Å². The number of rotatable bonds is 6. The van der Waals surface area contributed by atoms with Crippen molar-refractivity contribution in [3.8, 4) is 11.5 Å². The maximum atomic E-state index is 12.2. The lowest BCUT2D eigenvalue weighted by Crippen LogP contribution is -2.28. The smallest absolute Gasteiger partial charge is 0.319 e. The number of urea groups is 1. The number of methoxy groups -OCH3 is 2. The van der Waals surface area contributed by atoms with Crippen LogP contribution in [0.2, 0.25) is 5.02 Å². The maximum absolute atomic E-state index is 12.2. The summed E-state index contributed by atoms with van der Waals surface area (Å²) in [4.78, 5) is 14.5. The van der Waals surface area contributed by atoms with E-state index in [9.17, 15) is 4.79 Å². The molecule has 1 fully saturated rings. The van der Waals surface area contributed by atoms with E-state index in [2.05, 4.69) is 15.5 Å². The molecule has 6 nitrogen and oxygen atoms in total. The summed E-state index contributed by atoms with van der Waals surface area (Å²) in [5, 5.41) is 6.29. The van der Waals surface area contributed by atoms with E-state index < -0.39 is 0 Å².